The lowest BCUT2D eigenvalue weighted by Gasteiger charge is -2.26. The zero-order chi connectivity index (χ0) is 13.3. The third-order valence-electron chi connectivity index (χ3n) is 3.63. The van der Waals surface area contributed by atoms with Crippen LogP contribution in [0.3, 0.4) is 0 Å². The van der Waals surface area contributed by atoms with Crippen LogP contribution in [0.15, 0.2) is 45.9 Å². The van der Waals surface area contributed by atoms with Gasteiger partial charge in [-0.05, 0) is 51.9 Å². The molecule has 2 rings (SSSR count). The summed E-state index contributed by atoms with van der Waals surface area (Å²) >= 11 is 0. The van der Waals surface area contributed by atoms with Crippen molar-refractivity contribution in [3.05, 3.63) is 45.9 Å². The Balaban J connectivity index is 1.76. The van der Waals surface area contributed by atoms with Gasteiger partial charge in [-0.3, -0.25) is 0 Å². The van der Waals surface area contributed by atoms with Gasteiger partial charge in [-0.2, -0.15) is 0 Å². The summed E-state index contributed by atoms with van der Waals surface area (Å²) in [6, 6.07) is 0. The molecule has 2 heterocycles. The van der Waals surface area contributed by atoms with Crippen molar-refractivity contribution in [2.24, 2.45) is 0 Å². The van der Waals surface area contributed by atoms with E-state index in [1.165, 1.54) is 31.4 Å². The third kappa shape index (κ3) is 5.25. The summed E-state index contributed by atoms with van der Waals surface area (Å²) in [6.07, 6.45) is 14.9. The van der Waals surface area contributed by atoms with Gasteiger partial charge in [0, 0.05) is 6.61 Å². The molecule has 0 aromatic rings. The van der Waals surface area contributed by atoms with Crippen LogP contribution in [-0.2, 0) is 0 Å². The van der Waals surface area contributed by atoms with Gasteiger partial charge in [0.2, 0.25) is 0 Å². The van der Waals surface area contributed by atoms with Gasteiger partial charge in [0.05, 0.1) is 0 Å². The van der Waals surface area contributed by atoms with E-state index < -0.39 is 0 Å². The van der Waals surface area contributed by atoms with Crippen molar-refractivity contribution in [3.8, 4) is 0 Å². The van der Waals surface area contributed by atoms with Gasteiger partial charge < -0.3 is 5.11 Å². The maximum Gasteiger partial charge on any atom is 0.0431 e. The van der Waals surface area contributed by atoms with Crippen LogP contribution in [0.2, 0.25) is 0 Å². The molecular weight excluding hydrogens is 272 g/mol. The molecule has 2 aliphatic heterocycles. The van der Waals surface area contributed by atoms with Crippen LogP contribution in [0.4, 0.5) is 0 Å². The van der Waals surface area contributed by atoms with Gasteiger partial charge >= 0.3 is 0 Å². The standard InChI is InChI=1S/C16H26OS2/c17-10-3-1-2-8-16(19-13-6-7-14-19)9-15-18-11-4-5-12-18/h4-7,11-14,16-19H,1-3,8-10,15H2. The molecule has 19 heavy (non-hydrogen) atoms. The van der Waals surface area contributed by atoms with E-state index in [1.54, 1.807) is 0 Å². The monoisotopic (exact) mass is 298 g/mol. The molecule has 1 N–H and O–H groups in total. The minimum Gasteiger partial charge on any atom is -0.396 e. The first-order chi connectivity index (χ1) is 9.40. The van der Waals surface area contributed by atoms with E-state index >= 15 is 0 Å². The Kier molecular flexibility index (Phi) is 6.90. The molecule has 0 bridgehead atoms. The predicted molar refractivity (Wildman–Crippen MR) is 93.4 cm³/mol. The molecule has 0 aromatic carbocycles. The summed E-state index contributed by atoms with van der Waals surface area (Å²) in [5.41, 5.74) is 0. The van der Waals surface area contributed by atoms with Crippen molar-refractivity contribution in [2.75, 3.05) is 12.4 Å². The van der Waals surface area contributed by atoms with Crippen LogP contribution in [0.5, 0.6) is 0 Å². The van der Waals surface area contributed by atoms with Crippen molar-refractivity contribution < 1.29 is 5.11 Å². The van der Waals surface area contributed by atoms with Crippen molar-refractivity contribution >= 4 is 21.8 Å². The predicted octanol–water partition coefficient (Wildman–Crippen LogP) is 4.38. The van der Waals surface area contributed by atoms with Crippen LogP contribution < -0.4 is 0 Å². The van der Waals surface area contributed by atoms with Crippen molar-refractivity contribution in [3.63, 3.8) is 0 Å². The quantitative estimate of drug-likeness (QED) is 0.426. The third-order valence-corrected chi connectivity index (χ3v) is 7.91. The largest absolute Gasteiger partial charge is 0.396 e. The zero-order valence-corrected chi connectivity index (χ0v) is 13.3. The lowest BCUT2D eigenvalue weighted by atomic mass is 10.1. The summed E-state index contributed by atoms with van der Waals surface area (Å²) < 4.78 is 0. The van der Waals surface area contributed by atoms with Gasteiger partial charge in [-0.25, -0.2) is 21.8 Å². The molecule has 1 unspecified atom stereocenters. The smallest absolute Gasteiger partial charge is 0.0431 e. The first-order valence-electron chi connectivity index (χ1n) is 7.24. The van der Waals surface area contributed by atoms with Crippen LogP contribution in [0.1, 0.15) is 32.1 Å². The van der Waals surface area contributed by atoms with Crippen LogP contribution in [0.25, 0.3) is 0 Å². The Morgan fingerprint density at radius 3 is 2.16 bits per heavy atom. The highest BCUT2D eigenvalue weighted by molar-refractivity contribution is 8.23. The molecule has 1 nitrogen and oxygen atoms in total. The van der Waals surface area contributed by atoms with E-state index in [2.05, 4.69) is 45.9 Å². The summed E-state index contributed by atoms with van der Waals surface area (Å²) in [6.45, 7) is 0.347. The fraction of sp³-hybridized carbons (Fsp3) is 0.500. The molecule has 1 atom stereocenters. The molecule has 0 radical (unpaired) electrons. The molecule has 0 aromatic heterocycles. The van der Waals surface area contributed by atoms with Crippen LogP contribution >= 0.6 is 21.8 Å². The molecule has 0 saturated heterocycles. The highest BCUT2D eigenvalue weighted by Crippen LogP contribution is 2.44. The van der Waals surface area contributed by atoms with E-state index in [0.29, 0.717) is 6.61 Å². The average Bonchev–Trinajstić information content (AvgIpc) is 3.11. The van der Waals surface area contributed by atoms with Crippen molar-refractivity contribution in [1.29, 1.82) is 0 Å². The number of allylic oxidation sites excluding steroid dienone is 4. The van der Waals surface area contributed by atoms with E-state index in [0.717, 1.165) is 11.7 Å². The maximum atomic E-state index is 8.86. The number of unbranched alkanes of at least 4 members (excludes halogenated alkanes) is 2. The second kappa shape index (κ2) is 8.72. The number of rotatable bonds is 9. The Bertz CT molecular complexity index is 347. The van der Waals surface area contributed by atoms with Gasteiger partial charge in [0.1, 0.15) is 0 Å². The highest BCUT2D eigenvalue weighted by atomic mass is 32.2. The van der Waals surface area contributed by atoms with Crippen molar-refractivity contribution in [2.45, 2.75) is 37.4 Å². The lowest BCUT2D eigenvalue weighted by molar-refractivity contribution is 0.282. The van der Waals surface area contributed by atoms with E-state index in [9.17, 15) is 0 Å². The Morgan fingerprint density at radius 1 is 0.789 bits per heavy atom. The minimum atomic E-state index is -0.0111. The normalized spacial score (nSPS) is 21.7. The van der Waals surface area contributed by atoms with E-state index in [1.807, 2.05) is 0 Å². The maximum absolute atomic E-state index is 8.86. The Labute approximate surface area is 122 Å². The lowest BCUT2D eigenvalue weighted by Crippen LogP contribution is -2.08. The number of thiol groups is 2. The molecular formula is C16H26OS2. The number of hydrogen-bond acceptors (Lipinski definition) is 1. The second-order valence-corrected chi connectivity index (χ2v) is 9.36. The minimum absolute atomic E-state index is 0.0111. The summed E-state index contributed by atoms with van der Waals surface area (Å²) in [4.78, 5) is 0. The Morgan fingerprint density at radius 2 is 1.47 bits per heavy atom. The van der Waals surface area contributed by atoms with Gasteiger partial charge in [-0.15, -0.1) is 0 Å². The zero-order valence-electron chi connectivity index (χ0n) is 11.5. The number of aliphatic hydroxyl groups is 1. The van der Waals surface area contributed by atoms with E-state index in [4.69, 9.17) is 5.11 Å². The Hall–Kier alpha value is -0.380. The molecule has 2 aliphatic rings. The SMILES string of the molecule is OCCCCCC(CC[SH]1C=CC=C1)[SH]1C=CC=C1. The molecule has 3 heteroatoms. The molecule has 0 aliphatic carbocycles. The first-order valence-corrected chi connectivity index (χ1v) is 10.5. The fourth-order valence-electron chi connectivity index (χ4n) is 2.52. The topological polar surface area (TPSA) is 20.2 Å². The van der Waals surface area contributed by atoms with Crippen LogP contribution in [0, 0.1) is 0 Å². The van der Waals surface area contributed by atoms with E-state index in [-0.39, 0.29) is 21.8 Å². The first kappa shape index (κ1) is 15.0. The molecule has 0 saturated carbocycles. The molecule has 0 spiro atoms. The molecule has 108 valence electrons. The molecule has 0 amide bonds. The van der Waals surface area contributed by atoms with Crippen LogP contribution in [-0.4, -0.2) is 22.7 Å². The average molecular weight is 299 g/mol. The number of aliphatic hydroxyl groups excluding tert-OH is 1. The highest BCUT2D eigenvalue weighted by Gasteiger charge is 2.16. The summed E-state index contributed by atoms with van der Waals surface area (Å²) in [7, 11) is 0.0363. The van der Waals surface area contributed by atoms with Crippen molar-refractivity contribution in [1.82, 2.24) is 0 Å². The number of hydrogen-bond donors (Lipinski definition) is 3. The van der Waals surface area contributed by atoms with Gasteiger partial charge in [0.25, 0.3) is 0 Å². The summed E-state index contributed by atoms with van der Waals surface area (Å²) in [5, 5.41) is 19.3. The fourth-order valence-corrected chi connectivity index (χ4v) is 6.46. The second-order valence-electron chi connectivity index (χ2n) is 5.07. The molecule has 0 fully saturated rings. The summed E-state index contributed by atoms with van der Waals surface area (Å²) in [5.74, 6) is 1.35. The van der Waals surface area contributed by atoms with Gasteiger partial charge in [0.15, 0.2) is 0 Å². The van der Waals surface area contributed by atoms with Gasteiger partial charge in [-0.1, -0.05) is 37.1 Å².